The molecule has 6 heteroatoms. The molecule has 1 amide bonds. The highest BCUT2D eigenvalue weighted by Crippen LogP contribution is 2.42. The van der Waals surface area contributed by atoms with E-state index in [1.54, 1.807) is 5.06 Å². The average Bonchev–Trinajstić information content (AvgIpc) is 3.26. The van der Waals surface area contributed by atoms with Gasteiger partial charge in [-0.25, -0.2) is 9.90 Å². The van der Waals surface area contributed by atoms with Gasteiger partial charge in [0.1, 0.15) is 0 Å². The van der Waals surface area contributed by atoms with Crippen LogP contribution in [0.2, 0.25) is 0 Å². The largest absolute Gasteiger partial charge is 0.350 e. The van der Waals surface area contributed by atoms with Crippen LogP contribution < -0.4 is 0 Å². The maximum atomic E-state index is 13.4. The monoisotopic (exact) mass is 372 g/mol. The van der Waals surface area contributed by atoms with Crippen molar-refractivity contribution in [1.82, 2.24) is 10.1 Å². The topological polar surface area (TPSA) is 62.2 Å². The maximum absolute atomic E-state index is 13.4. The first-order valence-corrected chi connectivity index (χ1v) is 9.78. The Kier molecular flexibility index (Phi) is 4.84. The van der Waals surface area contributed by atoms with Crippen LogP contribution >= 0.6 is 0 Å². The number of carbonyl (C=O) groups excluding carboxylic acids is 1. The van der Waals surface area contributed by atoms with E-state index in [-0.39, 0.29) is 12.2 Å². The van der Waals surface area contributed by atoms with Crippen LogP contribution in [-0.4, -0.2) is 52.8 Å². The number of aryl methyl sites for hydroxylation is 1. The molecule has 0 saturated carbocycles. The molecule has 1 aromatic carbocycles. The molecule has 3 aliphatic rings. The summed E-state index contributed by atoms with van der Waals surface area (Å²) >= 11 is 0. The lowest BCUT2D eigenvalue weighted by molar-refractivity contribution is -0.286. The first kappa shape index (κ1) is 18.6. The molecule has 2 fully saturated rings. The van der Waals surface area contributed by atoms with Gasteiger partial charge in [0.05, 0.1) is 12.1 Å². The Balaban J connectivity index is 1.72. The number of rotatable bonds is 3. The van der Waals surface area contributed by atoms with Gasteiger partial charge in [-0.05, 0) is 68.4 Å². The summed E-state index contributed by atoms with van der Waals surface area (Å²) in [7, 11) is 0. The van der Waals surface area contributed by atoms with Crippen molar-refractivity contribution in [3.05, 3.63) is 40.5 Å². The van der Waals surface area contributed by atoms with Gasteiger partial charge >= 0.3 is 0 Å². The second kappa shape index (κ2) is 7.02. The molecule has 1 N–H and O–H groups in total. The molecule has 1 spiro atoms. The highest BCUT2D eigenvalue weighted by atomic mass is 16.8. The van der Waals surface area contributed by atoms with Gasteiger partial charge in [0, 0.05) is 25.1 Å². The van der Waals surface area contributed by atoms with E-state index in [1.807, 2.05) is 6.07 Å². The van der Waals surface area contributed by atoms with Crippen LogP contribution in [0.25, 0.3) is 5.57 Å². The summed E-state index contributed by atoms with van der Waals surface area (Å²) in [6.45, 7) is 7.93. The number of hydrogen-bond acceptors (Lipinski definition) is 5. The molecule has 1 atom stereocenters. The Morgan fingerprint density at radius 1 is 1.19 bits per heavy atom. The number of hydrogen-bond donors (Lipinski definition) is 1. The summed E-state index contributed by atoms with van der Waals surface area (Å²) in [6, 6.07) is 4.10. The lowest BCUT2D eigenvalue weighted by atomic mass is 9.87. The van der Waals surface area contributed by atoms with E-state index >= 15 is 0 Å². The van der Waals surface area contributed by atoms with Crippen LogP contribution in [-0.2, 0) is 14.4 Å². The Bertz CT molecular complexity index is 775. The molecule has 1 unspecified atom stereocenters. The van der Waals surface area contributed by atoms with E-state index in [4.69, 9.17) is 9.57 Å². The number of amides is 1. The Morgan fingerprint density at radius 3 is 2.59 bits per heavy atom. The summed E-state index contributed by atoms with van der Waals surface area (Å²) in [5, 5.41) is 12.7. The van der Waals surface area contributed by atoms with Crippen LogP contribution in [0.1, 0.15) is 47.9 Å². The lowest BCUT2D eigenvalue weighted by Gasteiger charge is -2.42. The van der Waals surface area contributed by atoms with Gasteiger partial charge in [0.25, 0.3) is 5.91 Å². The normalized spacial score (nSPS) is 25.5. The van der Waals surface area contributed by atoms with Crippen molar-refractivity contribution in [3.63, 3.8) is 0 Å². The Labute approximate surface area is 160 Å². The lowest BCUT2D eigenvalue weighted by Crippen LogP contribution is -2.53. The number of benzene rings is 1. The molecule has 2 saturated heterocycles. The van der Waals surface area contributed by atoms with Crippen molar-refractivity contribution in [2.45, 2.75) is 58.3 Å². The molecule has 146 valence electrons. The van der Waals surface area contributed by atoms with Crippen LogP contribution in [0.3, 0.4) is 0 Å². The van der Waals surface area contributed by atoms with Crippen molar-refractivity contribution in [3.8, 4) is 0 Å². The molecular weight excluding hydrogens is 344 g/mol. The third-order valence-corrected chi connectivity index (χ3v) is 6.30. The number of nitrogens with zero attached hydrogens (tertiary/aromatic N) is 2. The van der Waals surface area contributed by atoms with Crippen molar-refractivity contribution in [1.29, 1.82) is 0 Å². The zero-order valence-electron chi connectivity index (χ0n) is 16.3. The highest BCUT2D eigenvalue weighted by molar-refractivity contribution is 6.22. The first-order chi connectivity index (χ1) is 12.9. The molecule has 1 aromatic rings. The number of piperidine rings is 1. The zero-order valence-corrected chi connectivity index (χ0v) is 16.3. The molecular formula is C21H28N2O4. The van der Waals surface area contributed by atoms with Gasteiger partial charge in [-0.2, -0.15) is 5.06 Å². The fourth-order valence-corrected chi connectivity index (χ4v) is 4.27. The van der Waals surface area contributed by atoms with Crippen LogP contribution in [0, 0.1) is 20.8 Å². The van der Waals surface area contributed by atoms with E-state index in [9.17, 15) is 10.0 Å². The summed E-state index contributed by atoms with van der Waals surface area (Å²) in [5.74, 6) is -0.108. The number of carbonyl (C=O) groups is 1. The summed E-state index contributed by atoms with van der Waals surface area (Å²) in [6.07, 6.45) is 4.70. The molecule has 3 heterocycles. The average molecular weight is 372 g/mol. The third-order valence-electron chi connectivity index (χ3n) is 6.30. The Morgan fingerprint density at radius 2 is 1.93 bits per heavy atom. The first-order valence-electron chi connectivity index (χ1n) is 9.78. The summed E-state index contributed by atoms with van der Waals surface area (Å²) < 4.78 is 5.62. The van der Waals surface area contributed by atoms with Gasteiger partial charge in [-0.1, -0.05) is 12.1 Å². The van der Waals surface area contributed by atoms with E-state index < -0.39 is 5.54 Å². The molecule has 0 aliphatic carbocycles. The number of hydroxylamine groups is 4. The van der Waals surface area contributed by atoms with Crippen LogP contribution in [0.4, 0.5) is 0 Å². The predicted molar refractivity (Wildman–Crippen MR) is 101 cm³/mol. The van der Waals surface area contributed by atoms with Crippen molar-refractivity contribution in [2.75, 3.05) is 19.7 Å². The van der Waals surface area contributed by atoms with Crippen LogP contribution in [0.15, 0.2) is 18.2 Å². The van der Waals surface area contributed by atoms with E-state index in [0.29, 0.717) is 38.1 Å². The van der Waals surface area contributed by atoms with E-state index in [0.717, 1.165) is 24.0 Å². The van der Waals surface area contributed by atoms with Gasteiger partial charge in [0.15, 0.2) is 6.29 Å². The van der Waals surface area contributed by atoms with E-state index in [1.165, 1.54) is 16.2 Å². The van der Waals surface area contributed by atoms with Gasteiger partial charge < -0.3 is 9.94 Å². The molecule has 0 bridgehead atoms. The van der Waals surface area contributed by atoms with Crippen molar-refractivity contribution in [2.24, 2.45) is 0 Å². The fraction of sp³-hybridized carbons (Fsp3) is 0.571. The molecule has 0 radical (unpaired) electrons. The molecule has 6 nitrogen and oxygen atoms in total. The molecule has 3 aliphatic heterocycles. The predicted octanol–water partition coefficient (Wildman–Crippen LogP) is 3.13. The van der Waals surface area contributed by atoms with Crippen molar-refractivity contribution < 1.29 is 19.6 Å². The quantitative estimate of drug-likeness (QED) is 0.883. The Hall–Kier alpha value is -1.73. The zero-order chi connectivity index (χ0) is 19.2. The van der Waals surface area contributed by atoms with E-state index in [2.05, 4.69) is 32.9 Å². The standard InChI is InChI=1S/C21H28N2O4/c1-14-6-7-17(16(3)15(14)2)18-13-21(8-10-22(25)11-9-21)23(20(18)24)27-19-5-4-12-26-19/h6-7,13,19,25H,4-5,8-12H2,1-3H3. The minimum atomic E-state index is -0.525. The van der Waals surface area contributed by atoms with Crippen molar-refractivity contribution >= 4 is 11.5 Å². The van der Waals surface area contributed by atoms with Gasteiger partial charge in [-0.3, -0.25) is 4.79 Å². The maximum Gasteiger partial charge on any atom is 0.278 e. The molecule has 0 aromatic heterocycles. The van der Waals surface area contributed by atoms with Crippen LogP contribution in [0.5, 0.6) is 0 Å². The fourth-order valence-electron chi connectivity index (χ4n) is 4.27. The second-order valence-electron chi connectivity index (χ2n) is 7.94. The SMILES string of the molecule is Cc1ccc(C2=CC3(CCN(O)CC3)N(OC3CCCO3)C2=O)c(C)c1C. The van der Waals surface area contributed by atoms with Gasteiger partial charge in [0.2, 0.25) is 0 Å². The number of ether oxygens (including phenoxy) is 1. The summed E-state index contributed by atoms with van der Waals surface area (Å²) in [5.41, 5.74) is 4.69. The molecule has 27 heavy (non-hydrogen) atoms. The minimum absolute atomic E-state index is 0.108. The highest BCUT2D eigenvalue weighted by Gasteiger charge is 2.49. The van der Waals surface area contributed by atoms with Gasteiger partial charge in [-0.15, -0.1) is 0 Å². The molecule has 4 rings (SSSR count). The smallest absolute Gasteiger partial charge is 0.278 e. The minimum Gasteiger partial charge on any atom is -0.350 e. The summed E-state index contributed by atoms with van der Waals surface area (Å²) in [4.78, 5) is 19.5. The second-order valence-corrected chi connectivity index (χ2v) is 7.94. The third kappa shape index (κ3) is 3.21.